The summed E-state index contributed by atoms with van der Waals surface area (Å²) in [5.74, 6) is 2.02. The van der Waals surface area contributed by atoms with Gasteiger partial charge in [-0.2, -0.15) is 0 Å². The highest BCUT2D eigenvalue weighted by Crippen LogP contribution is 2.25. The molecule has 26 heavy (non-hydrogen) atoms. The van der Waals surface area contributed by atoms with Crippen molar-refractivity contribution in [3.05, 3.63) is 29.8 Å². The molecule has 2 fully saturated rings. The predicted molar refractivity (Wildman–Crippen MR) is 102 cm³/mol. The van der Waals surface area contributed by atoms with Crippen molar-refractivity contribution < 1.29 is 14.3 Å². The summed E-state index contributed by atoms with van der Waals surface area (Å²) < 4.78 is 10.6. The number of nitrogens with two attached hydrogens (primary N) is 1. The number of hydrogen-bond donors (Lipinski definition) is 1. The molecular formula is C21H32N2O3. The van der Waals surface area contributed by atoms with Crippen LogP contribution in [0.5, 0.6) is 5.75 Å². The van der Waals surface area contributed by atoms with E-state index in [9.17, 15) is 4.79 Å². The fraction of sp³-hybridized carbons (Fsp3) is 0.667. The van der Waals surface area contributed by atoms with Crippen LogP contribution in [0.15, 0.2) is 24.3 Å². The van der Waals surface area contributed by atoms with E-state index < -0.39 is 0 Å². The zero-order valence-corrected chi connectivity index (χ0v) is 15.9. The topological polar surface area (TPSA) is 64.8 Å². The zero-order valence-electron chi connectivity index (χ0n) is 15.9. The Morgan fingerprint density at radius 3 is 2.46 bits per heavy atom. The van der Waals surface area contributed by atoms with Crippen LogP contribution in [-0.2, 0) is 16.0 Å². The van der Waals surface area contributed by atoms with Crippen molar-refractivity contribution in [2.24, 2.45) is 17.6 Å². The molecule has 1 amide bonds. The van der Waals surface area contributed by atoms with Crippen molar-refractivity contribution in [2.75, 3.05) is 33.4 Å². The van der Waals surface area contributed by atoms with Crippen molar-refractivity contribution >= 4 is 5.91 Å². The molecule has 2 aliphatic heterocycles. The first-order valence-corrected chi connectivity index (χ1v) is 9.92. The number of rotatable bonds is 6. The minimum Gasteiger partial charge on any atom is -0.497 e. The Bertz CT molecular complexity index is 561. The average Bonchev–Trinajstić information content (AvgIpc) is 2.72. The van der Waals surface area contributed by atoms with Crippen LogP contribution < -0.4 is 10.5 Å². The Morgan fingerprint density at radius 1 is 1.19 bits per heavy atom. The number of piperidine rings is 1. The van der Waals surface area contributed by atoms with Gasteiger partial charge in [-0.3, -0.25) is 4.79 Å². The highest BCUT2D eigenvalue weighted by molar-refractivity contribution is 5.82. The van der Waals surface area contributed by atoms with Crippen molar-refractivity contribution in [3.8, 4) is 5.75 Å². The molecule has 5 nitrogen and oxygen atoms in total. The lowest BCUT2D eigenvalue weighted by Gasteiger charge is -2.36. The Kier molecular flexibility index (Phi) is 6.92. The van der Waals surface area contributed by atoms with Crippen LogP contribution in [0.25, 0.3) is 0 Å². The Morgan fingerprint density at radius 2 is 1.85 bits per heavy atom. The van der Waals surface area contributed by atoms with Gasteiger partial charge in [0, 0.05) is 26.3 Å². The van der Waals surface area contributed by atoms with E-state index in [1.54, 1.807) is 7.11 Å². The summed E-state index contributed by atoms with van der Waals surface area (Å²) in [6, 6.07) is 7.98. The molecular weight excluding hydrogens is 328 g/mol. The van der Waals surface area contributed by atoms with Crippen LogP contribution >= 0.6 is 0 Å². The minimum absolute atomic E-state index is 0.144. The number of aryl methyl sites for hydroxylation is 1. The molecule has 2 N–H and O–H groups in total. The summed E-state index contributed by atoms with van der Waals surface area (Å²) in [6.07, 6.45) is 6.26. The van der Waals surface area contributed by atoms with E-state index in [0.29, 0.717) is 5.92 Å². The summed E-state index contributed by atoms with van der Waals surface area (Å²) in [7, 11) is 1.69. The van der Waals surface area contributed by atoms with Gasteiger partial charge in [0.1, 0.15) is 5.75 Å². The van der Waals surface area contributed by atoms with Crippen molar-refractivity contribution in [2.45, 2.75) is 44.6 Å². The Hall–Kier alpha value is -1.59. The third-order valence-corrected chi connectivity index (χ3v) is 5.99. The molecule has 0 saturated carbocycles. The van der Waals surface area contributed by atoms with Crippen LogP contribution in [0.4, 0.5) is 0 Å². The van der Waals surface area contributed by atoms with Crippen LogP contribution in [0.3, 0.4) is 0 Å². The second-order valence-corrected chi connectivity index (χ2v) is 7.63. The van der Waals surface area contributed by atoms with Gasteiger partial charge in [0.15, 0.2) is 0 Å². The summed E-state index contributed by atoms with van der Waals surface area (Å²) in [5, 5.41) is 0. The number of hydrogen-bond acceptors (Lipinski definition) is 4. The summed E-state index contributed by atoms with van der Waals surface area (Å²) >= 11 is 0. The molecule has 144 valence electrons. The molecule has 1 unspecified atom stereocenters. The first-order valence-electron chi connectivity index (χ1n) is 9.92. The van der Waals surface area contributed by atoms with Gasteiger partial charge < -0.3 is 20.1 Å². The standard InChI is InChI=1S/C21H32N2O3/c1-25-19-6-4-16(5-7-19)2-3-17-8-12-23(13-9-17)21(24)20(22)18-10-14-26-15-11-18/h4-7,17-18,20H,2-3,8-15,22H2,1H3. The van der Waals surface area contributed by atoms with Gasteiger partial charge >= 0.3 is 0 Å². The van der Waals surface area contributed by atoms with Gasteiger partial charge in [-0.25, -0.2) is 0 Å². The normalized spacial score (nSPS) is 20.8. The number of likely N-dealkylation sites (tertiary alicyclic amines) is 1. The van der Waals surface area contributed by atoms with Gasteiger partial charge in [0.25, 0.3) is 0 Å². The smallest absolute Gasteiger partial charge is 0.239 e. The summed E-state index contributed by atoms with van der Waals surface area (Å²) in [5.41, 5.74) is 7.61. The summed E-state index contributed by atoms with van der Waals surface area (Å²) in [6.45, 7) is 3.17. The summed E-state index contributed by atoms with van der Waals surface area (Å²) in [4.78, 5) is 14.7. The second kappa shape index (κ2) is 9.38. The highest BCUT2D eigenvalue weighted by Gasteiger charge is 2.31. The van der Waals surface area contributed by atoms with Crippen molar-refractivity contribution in [1.29, 1.82) is 0 Å². The molecule has 2 saturated heterocycles. The first-order chi connectivity index (χ1) is 12.7. The minimum atomic E-state index is -0.352. The van der Waals surface area contributed by atoms with Gasteiger partial charge in [-0.05, 0) is 68.1 Å². The molecule has 1 aromatic carbocycles. The number of methoxy groups -OCH3 is 1. The van der Waals surface area contributed by atoms with E-state index in [2.05, 4.69) is 12.1 Å². The first kappa shape index (κ1) is 19.2. The van der Waals surface area contributed by atoms with Gasteiger partial charge in [-0.1, -0.05) is 12.1 Å². The molecule has 0 aromatic heterocycles. The van der Waals surface area contributed by atoms with E-state index in [0.717, 1.165) is 64.2 Å². The number of carbonyl (C=O) groups is 1. The largest absolute Gasteiger partial charge is 0.497 e. The molecule has 2 aliphatic rings. The van der Waals surface area contributed by atoms with E-state index in [1.165, 1.54) is 12.0 Å². The van der Waals surface area contributed by atoms with E-state index in [1.807, 2.05) is 17.0 Å². The van der Waals surface area contributed by atoms with E-state index >= 15 is 0 Å². The van der Waals surface area contributed by atoms with Crippen LogP contribution in [0.1, 0.15) is 37.7 Å². The van der Waals surface area contributed by atoms with Crippen LogP contribution in [-0.4, -0.2) is 50.3 Å². The average molecular weight is 360 g/mol. The lowest BCUT2D eigenvalue weighted by atomic mass is 9.88. The molecule has 0 bridgehead atoms. The van der Waals surface area contributed by atoms with Crippen LogP contribution in [0.2, 0.25) is 0 Å². The van der Waals surface area contributed by atoms with Gasteiger partial charge in [-0.15, -0.1) is 0 Å². The fourth-order valence-corrected chi connectivity index (χ4v) is 4.09. The maximum absolute atomic E-state index is 12.7. The third-order valence-electron chi connectivity index (χ3n) is 5.99. The highest BCUT2D eigenvalue weighted by atomic mass is 16.5. The lowest BCUT2D eigenvalue weighted by Crippen LogP contribution is -2.51. The third kappa shape index (κ3) is 4.98. The fourth-order valence-electron chi connectivity index (χ4n) is 4.09. The number of ether oxygens (including phenoxy) is 2. The monoisotopic (exact) mass is 360 g/mol. The zero-order chi connectivity index (χ0) is 18.4. The lowest BCUT2D eigenvalue weighted by molar-refractivity contribution is -0.136. The maximum atomic E-state index is 12.7. The maximum Gasteiger partial charge on any atom is 0.239 e. The number of carbonyl (C=O) groups excluding carboxylic acids is 1. The molecule has 0 aliphatic carbocycles. The molecule has 2 heterocycles. The quantitative estimate of drug-likeness (QED) is 0.847. The number of nitrogens with zero attached hydrogens (tertiary/aromatic N) is 1. The number of amides is 1. The van der Waals surface area contributed by atoms with E-state index in [-0.39, 0.29) is 17.9 Å². The van der Waals surface area contributed by atoms with Crippen LogP contribution in [0, 0.1) is 11.8 Å². The molecule has 3 rings (SSSR count). The molecule has 5 heteroatoms. The van der Waals surface area contributed by atoms with E-state index in [4.69, 9.17) is 15.2 Å². The second-order valence-electron chi connectivity index (χ2n) is 7.63. The van der Waals surface area contributed by atoms with Gasteiger partial charge in [0.05, 0.1) is 13.2 Å². The number of benzene rings is 1. The molecule has 0 spiro atoms. The Balaban J connectivity index is 1.41. The van der Waals surface area contributed by atoms with Crippen molar-refractivity contribution in [1.82, 2.24) is 4.90 Å². The molecule has 0 radical (unpaired) electrons. The SMILES string of the molecule is COc1ccc(CCC2CCN(C(=O)C(N)C3CCOCC3)CC2)cc1. The molecule has 1 aromatic rings. The van der Waals surface area contributed by atoms with Gasteiger partial charge in [0.2, 0.25) is 5.91 Å². The molecule has 1 atom stereocenters. The van der Waals surface area contributed by atoms with Crippen molar-refractivity contribution in [3.63, 3.8) is 0 Å². The predicted octanol–water partition coefficient (Wildman–Crippen LogP) is 2.62. The Labute approximate surface area is 156 Å².